The van der Waals surface area contributed by atoms with Gasteiger partial charge in [-0.1, -0.05) is 0 Å². The van der Waals surface area contributed by atoms with Crippen LogP contribution in [-0.2, 0) is 0 Å². The van der Waals surface area contributed by atoms with Gasteiger partial charge in [0.1, 0.15) is 11.6 Å². The predicted octanol–water partition coefficient (Wildman–Crippen LogP) is 2.33. The van der Waals surface area contributed by atoms with Gasteiger partial charge < -0.3 is 10.5 Å². The summed E-state index contributed by atoms with van der Waals surface area (Å²) >= 11 is 3.06. The van der Waals surface area contributed by atoms with E-state index in [4.69, 9.17) is 10.5 Å². The Morgan fingerprint density at radius 1 is 1.24 bits per heavy atom. The van der Waals surface area contributed by atoms with Crippen molar-refractivity contribution in [3.8, 4) is 17.7 Å². The summed E-state index contributed by atoms with van der Waals surface area (Å²) in [7, 11) is 0. The lowest BCUT2D eigenvalue weighted by molar-refractivity contribution is 0.434. The summed E-state index contributed by atoms with van der Waals surface area (Å²) < 4.78 is 20.6. The van der Waals surface area contributed by atoms with E-state index in [1.54, 1.807) is 24.5 Å². The first-order chi connectivity index (χ1) is 10.1. The Morgan fingerprint density at radius 2 is 2.10 bits per heavy atom. The highest BCUT2D eigenvalue weighted by atomic mass is 79.9. The fraction of sp³-hybridized carbons (Fsp3) is 0. The zero-order valence-electron chi connectivity index (χ0n) is 10.4. The first-order valence-corrected chi connectivity index (χ1v) is 6.55. The largest absolute Gasteiger partial charge is 0.424 e. The van der Waals surface area contributed by atoms with E-state index in [0.717, 1.165) is 0 Å². The number of halogens is 2. The van der Waals surface area contributed by atoms with Crippen molar-refractivity contribution in [1.29, 1.82) is 0 Å². The number of nitrogen functional groups attached to an aromatic ring is 1. The summed E-state index contributed by atoms with van der Waals surface area (Å²) in [5, 5.41) is 3.99. The molecule has 0 radical (unpaired) electrons. The number of hydrogen-bond acceptors (Lipinski definition) is 6. The first kappa shape index (κ1) is 13.4. The van der Waals surface area contributed by atoms with Gasteiger partial charge in [0, 0.05) is 18.5 Å². The normalized spacial score (nSPS) is 10.6. The number of nitrogens with zero attached hydrogens (tertiary/aromatic N) is 5. The molecule has 7 nitrogen and oxygen atoms in total. The van der Waals surface area contributed by atoms with Crippen LogP contribution in [0.25, 0.3) is 5.95 Å². The third-order valence-corrected chi connectivity index (χ3v) is 3.07. The Kier molecular flexibility index (Phi) is 3.48. The van der Waals surface area contributed by atoms with Crippen molar-refractivity contribution in [2.75, 3.05) is 5.73 Å². The summed E-state index contributed by atoms with van der Waals surface area (Å²) in [6, 6.07) is 5.96. The minimum atomic E-state index is -0.457. The molecule has 2 aromatic heterocycles. The van der Waals surface area contributed by atoms with Crippen LogP contribution in [0.4, 0.5) is 10.3 Å². The number of hydrogen-bond donors (Lipinski definition) is 1. The second-order valence-corrected chi connectivity index (χ2v) is 4.76. The number of anilines is 1. The SMILES string of the molecule is Nc1nc(Oc2ccc(Br)c(F)c2)nc(-n2cccn2)n1. The molecule has 3 aromatic rings. The molecule has 0 bridgehead atoms. The van der Waals surface area contributed by atoms with Crippen LogP contribution in [0.5, 0.6) is 11.8 Å². The molecule has 106 valence electrons. The topological polar surface area (TPSA) is 91.7 Å². The molecular weight excluding hydrogens is 343 g/mol. The molecule has 0 atom stereocenters. The molecule has 0 aliphatic heterocycles. The molecule has 0 amide bonds. The summed E-state index contributed by atoms with van der Waals surface area (Å²) in [6.07, 6.45) is 3.22. The van der Waals surface area contributed by atoms with Crippen molar-refractivity contribution in [1.82, 2.24) is 24.7 Å². The number of ether oxygens (including phenoxy) is 1. The van der Waals surface area contributed by atoms with Gasteiger partial charge in [0.15, 0.2) is 0 Å². The molecule has 9 heteroatoms. The monoisotopic (exact) mass is 350 g/mol. The molecule has 0 fully saturated rings. The van der Waals surface area contributed by atoms with Crippen LogP contribution in [0.3, 0.4) is 0 Å². The highest BCUT2D eigenvalue weighted by Crippen LogP contribution is 2.24. The molecule has 0 spiro atoms. The van der Waals surface area contributed by atoms with Gasteiger partial charge in [-0.05, 0) is 34.1 Å². The van der Waals surface area contributed by atoms with E-state index in [-0.39, 0.29) is 23.7 Å². The number of benzene rings is 1. The number of rotatable bonds is 3. The standard InChI is InChI=1S/C12H8BrFN6O/c13-8-3-2-7(6-9(8)14)21-12-18-10(15)17-11(19-12)20-5-1-4-16-20/h1-6H,(H2,15,17,18,19). The van der Waals surface area contributed by atoms with Crippen LogP contribution in [0.2, 0.25) is 0 Å². The molecule has 0 unspecified atom stereocenters. The maximum atomic E-state index is 13.4. The predicted molar refractivity (Wildman–Crippen MR) is 75.5 cm³/mol. The summed E-state index contributed by atoms with van der Waals surface area (Å²) in [5.41, 5.74) is 5.61. The van der Waals surface area contributed by atoms with Gasteiger partial charge >= 0.3 is 6.01 Å². The van der Waals surface area contributed by atoms with E-state index in [1.165, 1.54) is 16.8 Å². The molecule has 2 heterocycles. The van der Waals surface area contributed by atoms with E-state index in [0.29, 0.717) is 4.47 Å². The van der Waals surface area contributed by atoms with Gasteiger partial charge in [0.25, 0.3) is 5.95 Å². The van der Waals surface area contributed by atoms with E-state index in [1.807, 2.05) is 0 Å². The summed E-state index contributed by atoms with van der Waals surface area (Å²) in [6.45, 7) is 0. The Balaban J connectivity index is 1.93. The van der Waals surface area contributed by atoms with E-state index >= 15 is 0 Å². The third kappa shape index (κ3) is 2.97. The van der Waals surface area contributed by atoms with Crippen LogP contribution in [0.15, 0.2) is 41.1 Å². The highest BCUT2D eigenvalue weighted by molar-refractivity contribution is 9.10. The number of aromatic nitrogens is 5. The maximum Gasteiger partial charge on any atom is 0.328 e. The van der Waals surface area contributed by atoms with Crippen LogP contribution in [0.1, 0.15) is 0 Å². The van der Waals surface area contributed by atoms with Crippen LogP contribution < -0.4 is 10.5 Å². The lowest BCUT2D eigenvalue weighted by Crippen LogP contribution is -2.07. The second-order valence-electron chi connectivity index (χ2n) is 3.90. The molecule has 21 heavy (non-hydrogen) atoms. The molecule has 0 saturated carbocycles. The quantitative estimate of drug-likeness (QED) is 0.779. The maximum absolute atomic E-state index is 13.4. The molecule has 1 aromatic carbocycles. The van der Waals surface area contributed by atoms with Crippen molar-refractivity contribution >= 4 is 21.9 Å². The fourth-order valence-electron chi connectivity index (χ4n) is 1.54. The third-order valence-electron chi connectivity index (χ3n) is 2.43. The fourth-order valence-corrected chi connectivity index (χ4v) is 1.79. The van der Waals surface area contributed by atoms with Crippen molar-refractivity contribution in [2.45, 2.75) is 0 Å². The Morgan fingerprint density at radius 3 is 2.81 bits per heavy atom. The Bertz CT molecular complexity index is 779. The average Bonchev–Trinajstić information content (AvgIpc) is 2.96. The van der Waals surface area contributed by atoms with E-state index < -0.39 is 5.82 Å². The highest BCUT2D eigenvalue weighted by Gasteiger charge is 2.10. The minimum absolute atomic E-state index is 0.0249. The van der Waals surface area contributed by atoms with Crippen molar-refractivity contribution in [3.63, 3.8) is 0 Å². The van der Waals surface area contributed by atoms with Gasteiger partial charge in [0.2, 0.25) is 5.95 Å². The first-order valence-electron chi connectivity index (χ1n) is 5.76. The molecule has 0 aliphatic carbocycles. The Labute approximate surface area is 126 Å². The zero-order valence-corrected chi connectivity index (χ0v) is 12.0. The smallest absolute Gasteiger partial charge is 0.328 e. The zero-order chi connectivity index (χ0) is 14.8. The molecule has 0 saturated heterocycles. The summed E-state index contributed by atoms with van der Waals surface area (Å²) in [4.78, 5) is 11.9. The van der Waals surface area contributed by atoms with Gasteiger partial charge in [-0.3, -0.25) is 0 Å². The van der Waals surface area contributed by atoms with Gasteiger partial charge in [-0.25, -0.2) is 9.07 Å². The average molecular weight is 351 g/mol. The molecular formula is C12H8BrFN6O. The van der Waals surface area contributed by atoms with E-state index in [9.17, 15) is 4.39 Å². The lowest BCUT2D eigenvalue weighted by Gasteiger charge is -2.06. The molecule has 3 rings (SSSR count). The van der Waals surface area contributed by atoms with Crippen LogP contribution >= 0.6 is 15.9 Å². The van der Waals surface area contributed by atoms with Gasteiger partial charge in [0.05, 0.1) is 4.47 Å². The van der Waals surface area contributed by atoms with Gasteiger partial charge in [-0.15, -0.1) is 0 Å². The number of nitrogens with two attached hydrogens (primary N) is 1. The lowest BCUT2D eigenvalue weighted by atomic mass is 10.3. The van der Waals surface area contributed by atoms with Gasteiger partial charge in [-0.2, -0.15) is 20.1 Å². The van der Waals surface area contributed by atoms with Crippen LogP contribution in [-0.4, -0.2) is 24.7 Å². The molecule has 2 N–H and O–H groups in total. The summed E-state index contributed by atoms with van der Waals surface area (Å²) in [5.74, 6) is -0.0299. The van der Waals surface area contributed by atoms with E-state index in [2.05, 4.69) is 36.0 Å². The van der Waals surface area contributed by atoms with Crippen molar-refractivity contribution in [3.05, 3.63) is 46.9 Å². The Hall–Kier alpha value is -2.55. The van der Waals surface area contributed by atoms with Crippen molar-refractivity contribution < 1.29 is 9.13 Å². The minimum Gasteiger partial charge on any atom is -0.424 e. The molecule has 0 aliphatic rings. The van der Waals surface area contributed by atoms with Crippen molar-refractivity contribution in [2.24, 2.45) is 0 Å². The second kappa shape index (κ2) is 5.44. The van der Waals surface area contributed by atoms with Crippen LogP contribution in [0, 0.1) is 5.82 Å².